The Hall–Kier alpha value is -2.08. The Morgan fingerprint density at radius 2 is 2.32 bits per heavy atom. The molecule has 1 aromatic carbocycles. The Morgan fingerprint density at radius 1 is 1.53 bits per heavy atom. The molecule has 1 heterocycles. The molecule has 0 fully saturated rings. The lowest BCUT2D eigenvalue weighted by atomic mass is 10.1. The van der Waals surface area contributed by atoms with E-state index in [0.717, 1.165) is 22.8 Å². The van der Waals surface area contributed by atoms with Crippen LogP contribution in [0.1, 0.15) is 21.1 Å². The smallest absolute Gasteiger partial charge is 0.335 e. The summed E-state index contributed by atoms with van der Waals surface area (Å²) in [4.78, 5) is 15.2. The molecule has 5 nitrogen and oxygen atoms in total. The van der Waals surface area contributed by atoms with Gasteiger partial charge in [-0.05, 0) is 25.1 Å². The van der Waals surface area contributed by atoms with Crippen molar-refractivity contribution in [3.63, 3.8) is 0 Å². The highest BCUT2D eigenvalue weighted by atomic mass is 32.1. The number of nitrogens with zero attached hydrogens (tertiary/aromatic N) is 1. The van der Waals surface area contributed by atoms with Crippen LogP contribution in [0.5, 0.6) is 0 Å². The normalized spacial score (nSPS) is 10.4. The van der Waals surface area contributed by atoms with Crippen LogP contribution in [0, 0.1) is 6.92 Å². The van der Waals surface area contributed by atoms with E-state index in [1.165, 1.54) is 12.1 Å². The van der Waals surface area contributed by atoms with Crippen LogP contribution in [0.15, 0.2) is 23.6 Å². The second-order valence-electron chi connectivity index (χ2n) is 4.14. The summed E-state index contributed by atoms with van der Waals surface area (Å²) < 4.78 is 0. The zero-order valence-electron chi connectivity index (χ0n) is 10.5. The Kier molecular flexibility index (Phi) is 4.01. The monoisotopic (exact) mass is 277 g/mol. The van der Waals surface area contributed by atoms with Crippen LogP contribution >= 0.6 is 11.3 Å². The number of thiazole rings is 1. The fraction of sp³-hybridized carbons (Fsp3) is 0.231. The van der Waals surface area contributed by atoms with Crippen molar-refractivity contribution >= 4 is 28.7 Å². The molecule has 0 amide bonds. The van der Waals surface area contributed by atoms with E-state index < -0.39 is 5.97 Å². The van der Waals surface area contributed by atoms with Crippen molar-refractivity contribution in [3.8, 4) is 0 Å². The minimum atomic E-state index is -0.976. The van der Waals surface area contributed by atoms with Gasteiger partial charge >= 0.3 is 5.97 Å². The van der Waals surface area contributed by atoms with Gasteiger partial charge in [-0.15, -0.1) is 11.3 Å². The van der Waals surface area contributed by atoms with Crippen molar-refractivity contribution in [2.24, 2.45) is 0 Å². The van der Waals surface area contributed by atoms with E-state index in [1.54, 1.807) is 17.4 Å². The van der Waals surface area contributed by atoms with E-state index in [-0.39, 0.29) is 5.56 Å². The van der Waals surface area contributed by atoms with Crippen molar-refractivity contribution in [1.82, 2.24) is 4.98 Å². The van der Waals surface area contributed by atoms with E-state index in [2.05, 4.69) is 10.3 Å². The maximum absolute atomic E-state index is 10.8. The Balaban J connectivity index is 1.94. The number of carbonyl (C=O) groups is 1. The molecule has 2 aromatic rings. The summed E-state index contributed by atoms with van der Waals surface area (Å²) >= 11 is 1.63. The number of anilines is 2. The molecule has 0 spiro atoms. The van der Waals surface area contributed by atoms with Gasteiger partial charge in [0.2, 0.25) is 0 Å². The van der Waals surface area contributed by atoms with Gasteiger partial charge in [-0.1, -0.05) is 0 Å². The molecule has 0 aliphatic heterocycles. The molecule has 0 radical (unpaired) electrons. The minimum Gasteiger partial charge on any atom is -0.478 e. The molecule has 0 atom stereocenters. The van der Waals surface area contributed by atoms with Gasteiger partial charge in [0.1, 0.15) is 0 Å². The van der Waals surface area contributed by atoms with Gasteiger partial charge in [-0.25, -0.2) is 9.78 Å². The predicted octanol–water partition coefficient (Wildman–Crippen LogP) is 2.39. The van der Waals surface area contributed by atoms with E-state index in [0.29, 0.717) is 12.2 Å². The quantitative estimate of drug-likeness (QED) is 0.730. The average molecular weight is 277 g/mol. The standard InChI is InChI=1S/C13H15N3O2S/c1-8-16-10(7-19-8)4-5-15-12-3-2-9(13(17)18)6-11(12)14/h2-3,6-7,15H,4-5,14H2,1H3,(H,17,18). The molecule has 0 unspecified atom stereocenters. The number of rotatable bonds is 5. The van der Waals surface area contributed by atoms with Crippen molar-refractivity contribution in [2.45, 2.75) is 13.3 Å². The predicted molar refractivity (Wildman–Crippen MR) is 76.9 cm³/mol. The molecular formula is C13H15N3O2S. The maximum Gasteiger partial charge on any atom is 0.335 e. The van der Waals surface area contributed by atoms with Gasteiger partial charge in [0, 0.05) is 18.3 Å². The van der Waals surface area contributed by atoms with Crippen LogP contribution in [0.2, 0.25) is 0 Å². The first-order chi connectivity index (χ1) is 9.06. The number of hydrogen-bond donors (Lipinski definition) is 3. The van der Waals surface area contributed by atoms with Gasteiger partial charge in [-0.2, -0.15) is 0 Å². The number of nitrogens with one attached hydrogen (secondary N) is 1. The van der Waals surface area contributed by atoms with Crippen molar-refractivity contribution < 1.29 is 9.90 Å². The van der Waals surface area contributed by atoms with Crippen molar-refractivity contribution in [1.29, 1.82) is 0 Å². The number of nitrogen functional groups attached to an aromatic ring is 1. The lowest BCUT2D eigenvalue weighted by molar-refractivity contribution is 0.0697. The Morgan fingerprint density at radius 3 is 2.89 bits per heavy atom. The number of nitrogens with two attached hydrogens (primary N) is 1. The SMILES string of the molecule is Cc1nc(CCNc2ccc(C(=O)O)cc2N)cs1. The number of carboxylic acid groups (broad SMARTS) is 1. The molecule has 6 heteroatoms. The highest BCUT2D eigenvalue weighted by molar-refractivity contribution is 7.09. The summed E-state index contributed by atoms with van der Waals surface area (Å²) in [6, 6.07) is 4.68. The fourth-order valence-corrected chi connectivity index (χ4v) is 2.35. The van der Waals surface area contributed by atoms with Crippen LogP contribution in [0.25, 0.3) is 0 Å². The zero-order valence-corrected chi connectivity index (χ0v) is 11.3. The number of carboxylic acids is 1. The first-order valence-corrected chi connectivity index (χ1v) is 6.72. The molecule has 0 saturated carbocycles. The van der Waals surface area contributed by atoms with Crippen molar-refractivity contribution in [3.05, 3.63) is 39.8 Å². The van der Waals surface area contributed by atoms with Gasteiger partial charge in [-0.3, -0.25) is 0 Å². The first-order valence-electron chi connectivity index (χ1n) is 5.84. The summed E-state index contributed by atoms with van der Waals surface area (Å²) in [5.41, 5.74) is 8.23. The summed E-state index contributed by atoms with van der Waals surface area (Å²) in [5.74, 6) is -0.976. The Labute approximate surface area is 115 Å². The summed E-state index contributed by atoms with van der Waals surface area (Å²) in [7, 11) is 0. The molecule has 2 rings (SSSR count). The van der Waals surface area contributed by atoms with E-state index in [9.17, 15) is 4.79 Å². The molecule has 0 aliphatic carbocycles. The van der Waals surface area contributed by atoms with Gasteiger partial charge in [0.25, 0.3) is 0 Å². The topological polar surface area (TPSA) is 88.2 Å². The number of aromatic carboxylic acids is 1. The van der Waals surface area contributed by atoms with Crippen LogP contribution < -0.4 is 11.1 Å². The molecule has 0 saturated heterocycles. The molecule has 19 heavy (non-hydrogen) atoms. The summed E-state index contributed by atoms with van der Waals surface area (Å²) in [5, 5.41) is 15.1. The van der Waals surface area contributed by atoms with Gasteiger partial charge in [0.15, 0.2) is 0 Å². The number of aryl methyl sites for hydroxylation is 1. The molecule has 100 valence electrons. The van der Waals surface area contributed by atoms with E-state index >= 15 is 0 Å². The molecule has 4 N–H and O–H groups in total. The largest absolute Gasteiger partial charge is 0.478 e. The van der Waals surface area contributed by atoms with Crippen LogP contribution in [-0.2, 0) is 6.42 Å². The number of hydrogen-bond acceptors (Lipinski definition) is 5. The molecule has 1 aromatic heterocycles. The fourth-order valence-electron chi connectivity index (χ4n) is 1.71. The summed E-state index contributed by atoms with van der Waals surface area (Å²) in [6.07, 6.45) is 0.810. The second kappa shape index (κ2) is 5.71. The minimum absolute atomic E-state index is 0.193. The zero-order chi connectivity index (χ0) is 13.8. The number of benzene rings is 1. The van der Waals surface area contributed by atoms with Gasteiger partial charge < -0.3 is 16.2 Å². The first kappa shape index (κ1) is 13.4. The highest BCUT2D eigenvalue weighted by Gasteiger charge is 2.06. The van der Waals surface area contributed by atoms with Crippen LogP contribution in [0.3, 0.4) is 0 Å². The average Bonchev–Trinajstić information content (AvgIpc) is 2.77. The van der Waals surface area contributed by atoms with Crippen molar-refractivity contribution in [2.75, 3.05) is 17.6 Å². The maximum atomic E-state index is 10.8. The molecule has 0 aliphatic rings. The third-order valence-electron chi connectivity index (χ3n) is 2.66. The van der Waals surface area contributed by atoms with Gasteiger partial charge in [0.05, 0.1) is 27.6 Å². The lowest BCUT2D eigenvalue weighted by Crippen LogP contribution is -2.08. The van der Waals surface area contributed by atoms with E-state index in [1.807, 2.05) is 12.3 Å². The number of aromatic nitrogens is 1. The third kappa shape index (κ3) is 3.45. The molecule has 0 bridgehead atoms. The second-order valence-corrected chi connectivity index (χ2v) is 5.20. The van der Waals surface area contributed by atoms with Crippen LogP contribution in [0.4, 0.5) is 11.4 Å². The lowest BCUT2D eigenvalue weighted by Gasteiger charge is -2.09. The highest BCUT2D eigenvalue weighted by Crippen LogP contribution is 2.20. The molecular weight excluding hydrogens is 262 g/mol. The van der Waals surface area contributed by atoms with Crippen LogP contribution in [-0.4, -0.2) is 22.6 Å². The Bertz CT molecular complexity index is 595. The third-order valence-corrected chi connectivity index (χ3v) is 3.48. The van der Waals surface area contributed by atoms with E-state index in [4.69, 9.17) is 10.8 Å². The summed E-state index contributed by atoms with van der Waals surface area (Å²) in [6.45, 7) is 2.68.